The van der Waals surface area contributed by atoms with Crippen molar-refractivity contribution in [3.05, 3.63) is 146 Å². The molecular formula is C41H24N6S. The molecule has 48 heavy (non-hydrogen) atoms. The third-order valence-corrected chi connectivity index (χ3v) is 10.0. The Balaban J connectivity index is 1.18. The van der Waals surface area contributed by atoms with Crippen LogP contribution >= 0.6 is 11.3 Å². The lowest BCUT2D eigenvalue weighted by atomic mass is 9.98. The lowest BCUT2D eigenvalue weighted by Gasteiger charge is -2.10. The predicted molar refractivity (Wildman–Crippen MR) is 196 cm³/mol. The van der Waals surface area contributed by atoms with Crippen LogP contribution in [0.5, 0.6) is 0 Å². The molecule has 3 aromatic heterocycles. The summed E-state index contributed by atoms with van der Waals surface area (Å²) in [6, 6.07) is 50.1. The molecule has 7 aromatic carbocycles. The van der Waals surface area contributed by atoms with E-state index in [0.717, 1.165) is 55.0 Å². The van der Waals surface area contributed by atoms with Crippen molar-refractivity contribution in [3.63, 3.8) is 0 Å². The Bertz CT molecular complexity index is 2840. The number of fused-ring (bicyclic) bond motifs is 8. The van der Waals surface area contributed by atoms with Gasteiger partial charge in [-0.3, -0.25) is 0 Å². The Hall–Kier alpha value is -6.31. The summed E-state index contributed by atoms with van der Waals surface area (Å²) < 4.78 is 2.48. The van der Waals surface area contributed by atoms with Gasteiger partial charge < -0.3 is 0 Å². The predicted octanol–water partition coefficient (Wildman–Crippen LogP) is 10.3. The van der Waals surface area contributed by atoms with E-state index in [2.05, 4.69) is 78.9 Å². The first-order valence-corrected chi connectivity index (χ1v) is 16.6. The first-order chi connectivity index (χ1) is 23.7. The lowest BCUT2D eigenvalue weighted by Crippen LogP contribution is -2.00. The second-order valence-electron chi connectivity index (χ2n) is 11.8. The average molecular weight is 633 g/mol. The monoisotopic (exact) mass is 632 g/mol. The van der Waals surface area contributed by atoms with Crippen molar-refractivity contribution in [3.8, 4) is 39.9 Å². The first kappa shape index (κ1) is 26.9. The highest BCUT2D eigenvalue weighted by atomic mass is 32.1. The van der Waals surface area contributed by atoms with Crippen LogP contribution in [0.15, 0.2) is 146 Å². The minimum Gasteiger partial charge on any atom is -0.208 e. The summed E-state index contributed by atoms with van der Waals surface area (Å²) in [5.41, 5.74) is 5.43. The Morgan fingerprint density at radius 1 is 0.438 bits per heavy atom. The van der Waals surface area contributed by atoms with E-state index in [4.69, 9.17) is 25.1 Å². The zero-order valence-corrected chi connectivity index (χ0v) is 26.3. The van der Waals surface area contributed by atoms with Crippen LogP contribution in [0.2, 0.25) is 0 Å². The molecule has 0 fully saturated rings. The second kappa shape index (κ2) is 10.6. The number of nitrogens with zero attached hydrogens (tertiary/aromatic N) is 6. The third-order valence-electron chi connectivity index (χ3n) is 8.90. The van der Waals surface area contributed by atoms with Gasteiger partial charge in [0, 0.05) is 42.2 Å². The number of para-hydroxylation sites is 1. The zero-order chi connectivity index (χ0) is 31.6. The van der Waals surface area contributed by atoms with Crippen LogP contribution < -0.4 is 0 Å². The van der Waals surface area contributed by atoms with Crippen molar-refractivity contribution in [1.29, 1.82) is 0 Å². The van der Waals surface area contributed by atoms with Crippen LogP contribution in [0.25, 0.3) is 92.6 Å². The molecule has 0 unspecified atom stereocenters. The van der Waals surface area contributed by atoms with E-state index in [1.54, 1.807) is 16.1 Å². The highest BCUT2D eigenvalue weighted by Crippen LogP contribution is 2.37. The minimum absolute atomic E-state index is 0.620. The minimum atomic E-state index is 0.620. The second-order valence-corrected chi connectivity index (χ2v) is 12.9. The van der Waals surface area contributed by atoms with E-state index in [1.165, 1.54) is 20.2 Å². The molecule has 0 saturated carbocycles. The summed E-state index contributed by atoms with van der Waals surface area (Å²) >= 11 is 1.79. The molecule has 7 heteroatoms. The largest absolute Gasteiger partial charge is 0.208 e. The molecule has 0 N–H and O–H groups in total. The molecular weight excluding hydrogens is 609 g/mol. The van der Waals surface area contributed by atoms with E-state index in [9.17, 15) is 0 Å². The van der Waals surface area contributed by atoms with Crippen molar-refractivity contribution in [2.45, 2.75) is 0 Å². The smallest absolute Gasteiger partial charge is 0.164 e. The van der Waals surface area contributed by atoms with Gasteiger partial charge >= 0.3 is 0 Å². The fourth-order valence-corrected chi connectivity index (χ4v) is 7.69. The van der Waals surface area contributed by atoms with Gasteiger partial charge in [-0.05, 0) is 52.6 Å². The Morgan fingerprint density at radius 2 is 1.06 bits per heavy atom. The van der Waals surface area contributed by atoms with Crippen molar-refractivity contribution >= 4 is 64.1 Å². The Labute approximate surface area is 278 Å². The maximum absolute atomic E-state index is 5.10. The molecule has 0 aliphatic heterocycles. The summed E-state index contributed by atoms with van der Waals surface area (Å²) in [7, 11) is 0. The molecule has 0 spiro atoms. The normalized spacial score (nSPS) is 11.8. The fraction of sp³-hybridized carbons (Fsp3) is 0. The van der Waals surface area contributed by atoms with Crippen molar-refractivity contribution in [2.24, 2.45) is 0 Å². The standard InChI is InChI=1S/C41H24N6S/c1-3-9-27(10-4-1)39-42-40(44-41(43-39)29-19-21-32-31-13-7-8-14-35(31)48-36(32)24-29)28-18-16-25-15-17-26-20-22-34-38(37(26)33(25)23-28)46-47(45-34)30-11-5-2-6-12-30/h1-24H. The van der Waals surface area contributed by atoms with Gasteiger partial charge in [-0.25, -0.2) is 15.0 Å². The quantitative estimate of drug-likeness (QED) is 0.181. The molecule has 0 atom stereocenters. The molecule has 0 saturated heterocycles. The number of rotatable bonds is 4. The van der Waals surface area contributed by atoms with Crippen LogP contribution in [-0.4, -0.2) is 29.9 Å². The van der Waals surface area contributed by atoms with Gasteiger partial charge in [-0.2, -0.15) is 4.80 Å². The van der Waals surface area contributed by atoms with Gasteiger partial charge in [-0.1, -0.05) is 109 Å². The zero-order valence-electron chi connectivity index (χ0n) is 25.4. The lowest BCUT2D eigenvalue weighted by molar-refractivity contribution is 0.766. The van der Waals surface area contributed by atoms with Crippen LogP contribution in [0.4, 0.5) is 0 Å². The van der Waals surface area contributed by atoms with Gasteiger partial charge in [0.2, 0.25) is 0 Å². The highest BCUT2D eigenvalue weighted by molar-refractivity contribution is 7.25. The Kier molecular flexibility index (Phi) is 5.94. The molecule has 3 heterocycles. The van der Waals surface area contributed by atoms with Gasteiger partial charge in [-0.15, -0.1) is 21.5 Å². The van der Waals surface area contributed by atoms with Crippen LogP contribution in [0.3, 0.4) is 0 Å². The van der Waals surface area contributed by atoms with E-state index in [1.807, 2.05) is 66.7 Å². The van der Waals surface area contributed by atoms with Gasteiger partial charge in [0.1, 0.15) is 11.0 Å². The van der Waals surface area contributed by atoms with E-state index in [-0.39, 0.29) is 0 Å². The van der Waals surface area contributed by atoms with E-state index < -0.39 is 0 Å². The number of aromatic nitrogens is 6. The maximum atomic E-state index is 5.10. The van der Waals surface area contributed by atoms with E-state index in [0.29, 0.717) is 17.5 Å². The average Bonchev–Trinajstić information content (AvgIpc) is 3.77. The van der Waals surface area contributed by atoms with Crippen molar-refractivity contribution in [1.82, 2.24) is 29.9 Å². The van der Waals surface area contributed by atoms with E-state index >= 15 is 0 Å². The number of hydrogen-bond donors (Lipinski definition) is 0. The molecule has 0 aliphatic carbocycles. The van der Waals surface area contributed by atoms with Crippen molar-refractivity contribution in [2.75, 3.05) is 0 Å². The summed E-state index contributed by atoms with van der Waals surface area (Å²) in [6.07, 6.45) is 0. The molecule has 0 amide bonds. The highest BCUT2D eigenvalue weighted by Gasteiger charge is 2.16. The summed E-state index contributed by atoms with van der Waals surface area (Å²) in [5.74, 6) is 1.90. The van der Waals surface area contributed by atoms with Gasteiger partial charge in [0.25, 0.3) is 0 Å². The third kappa shape index (κ3) is 4.36. The van der Waals surface area contributed by atoms with Gasteiger partial charge in [0.15, 0.2) is 17.5 Å². The van der Waals surface area contributed by atoms with Crippen LogP contribution in [0, 0.1) is 0 Å². The number of thiophene rings is 1. The fourth-order valence-electron chi connectivity index (χ4n) is 6.55. The Morgan fingerprint density at radius 3 is 1.90 bits per heavy atom. The van der Waals surface area contributed by atoms with Crippen LogP contribution in [-0.2, 0) is 0 Å². The molecule has 0 radical (unpaired) electrons. The molecule has 0 aliphatic rings. The summed E-state index contributed by atoms with van der Waals surface area (Å²) in [6.45, 7) is 0. The van der Waals surface area contributed by atoms with Crippen LogP contribution in [0.1, 0.15) is 0 Å². The van der Waals surface area contributed by atoms with Gasteiger partial charge in [0.05, 0.1) is 5.69 Å². The molecule has 6 nitrogen and oxygen atoms in total. The maximum Gasteiger partial charge on any atom is 0.164 e. The molecule has 224 valence electrons. The molecule has 10 aromatic rings. The summed E-state index contributed by atoms with van der Waals surface area (Å²) in [5, 5.41) is 16.7. The topological polar surface area (TPSA) is 69.4 Å². The number of benzene rings is 7. The first-order valence-electron chi connectivity index (χ1n) is 15.8. The van der Waals surface area contributed by atoms with Crippen molar-refractivity contribution < 1.29 is 0 Å². The SMILES string of the molecule is c1ccc(-c2nc(-c3ccc4c(c3)sc3ccccc34)nc(-c3ccc4ccc5ccc6nn(-c7ccccc7)nc6c5c4c3)n2)cc1. The molecule has 0 bridgehead atoms. The molecule has 10 rings (SSSR count). The summed E-state index contributed by atoms with van der Waals surface area (Å²) in [4.78, 5) is 16.9. The number of hydrogen-bond acceptors (Lipinski definition) is 6.